The first kappa shape index (κ1) is 17.9. The maximum atomic E-state index is 13.0. The maximum Gasteiger partial charge on any atom is 0.251 e. The fraction of sp³-hybridized carbons (Fsp3) is 0.350. The van der Waals surface area contributed by atoms with Crippen molar-refractivity contribution in [3.63, 3.8) is 0 Å². The van der Waals surface area contributed by atoms with E-state index in [1.54, 1.807) is 24.4 Å². The lowest BCUT2D eigenvalue weighted by atomic mass is 10.1. The van der Waals surface area contributed by atoms with Gasteiger partial charge in [-0.2, -0.15) is 0 Å². The van der Waals surface area contributed by atoms with Crippen molar-refractivity contribution in [1.29, 1.82) is 0 Å². The monoisotopic (exact) mass is 384 g/mol. The molecule has 1 atom stereocenters. The largest absolute Gasteiger partial charge is 0.354 e. The summed E-state index contributed by atoms with van der Waals surface area (Å²) < 4.78 is 0. The summed E-state index contributed by atoms with van der Waals surface area (Å²) in [5.41, 5.74) is 1.34. The molecule has 1 aromatic heterocycles. The Kier molecular flexibility index (Phi) is 4.85. The predicted molar refractivity (Wildman–Crippen MR) is 105 cm³/mol. The highest BCUT2D eigenvalue weighted by atomic mass is 35.5. The number of imide groups is 1. The van der Waals surface area contributed by atoms with Crippen LogP contribution in [0.1, 0.15) is 12.0 Å². The highest BCUT2D eigenvalue weighted by Gasteiger charge is 2.43. The van der Waals surface area contributed by atoms with Gasteiger partial charge >= 0.3 is 0 Å². The van der Waals surface area contributed by atoms with Crippen molar-refractivity contribution in [2.45, 2.75) is 19.4 Å². The molecule has 0 N–H and O–H groups in total. The number of aromatic nitrogens is 1. The van der Waals surface area contributed by atoms with Crippen molar-refractivity contribution in [3.05, 3.63) is 53.2 Å². The number of benzene rings is 1. The number of carbonyl (C=O) groups excluding carboxylic acids is 2. The average molecular weight is 385 g/mol. The SMILES string of the molecule is Cc1c(Cl)cccc1N1C(=O)C[C@H](N2CCN(c3ccccn3)CC2)C1=O. The molecule has 1 aromatic carbocycles. The Bertz CT molecular complexity index is 866. The Labute approximate surface area is 163 Å². The minimum absolute atomic E-state index is 0.156. The maximum absolute atomic E-state index is 13.0. The highest BCUT2D eigenvalue weighted by molar-refractivity contribution is 6.32. The number of pyridine rings is 1. The molecule has 2 aliphatic heterocycles. The van der Waals surface area contributed by atoms with Gasteiger partial charge in [-0.15, -0.1) is 0 Å². The van der Waals surface area contributed by atoms with Crippen molar-refractivity contribution in [3.8, 4) is 0 Å². The third-order valence-electron chi connectivity index (χ3n) is 5.33. The summed E-state index contributed by atoms with van der Waals surface area (Å²) in [4.78, 5) is 35.6. The van der Waals surface area contributed by atoms with E-state index in [1.165, 1.54) is 4.90 Å². The molecule has 140 valence electrons. The zero-order chi connectivity index (χ0) is 19.0. The van der Waals surface area contributed by atoms with Crippen molar-refractivity contribution < 1.29 is 9.59 Å². The third kappa shape index (κ3) is 3.31. The fourth-order valence-corrected chi connectivity index (χ4v) is 3.97. The fourth-order valence-electron chi connectivity index (χ4n) is 3.80. The molecule has 2 amide bonds. The Morgan fingerprint density at radius 3 is 2.52 bits per heavy atom. The van der Waals surface area contributed by atoms with Crippen LogP contribution in [0, 0.1) is 6.92 Å². The molecular formula is C20H21ClN4O2. The summed E-state index contributed by atoms with van der Waals surface area (Å²) in [6.45, 7) is 4.85. The van der Waals surface area contributed by atoms with Gasteiger partial charge in [-0.1, -0.05) is 23.7 Å². The minimum atomic E-state index is -0.401. The smallest absolute Gasteiger partial charge is 0.251 e. The standard InChI is InChI=1S/C20H21ClN4O2/c1-14-15(21)5-4-6-16(14)25-19(26)13-17(20(25)27)23-9-11-24(12-10-23)18-7-2-3-8-22-18/h2-8,17H,9-13H2,1H3/t17-/m0/s1. The first-order valence-corrected chi connectivity index (χ1v) is 9.46. The second-order valence-electron chi connectivity index (χ2n) is 6.88. The number of halogens is 1. The summed E-state index contributed by atoms with van der Waals surface area (Å²) in [5.74, 6) is 0.626. The Balaban J connectivity index is 1.48. The Morgan fingerprint density at radius 1 is 1.04 bits per heavy atom. The first-order valence-electron chi connectivity index (χ1n) is 9.08. The number of amides is 2. The molecule has 6 nitrogen and oxygen atoms in total. The van der Waals surface area contributed by atoms with Crippen LogP contribution in [0.15, 0.2) is 42.6 Å². The van der Waals surface area contributed by atoms with Crippen LogP contribution in [0.25, 0.3) is 0 Å². The van der Waals surface area contributed by atoms with Gasteiger partial charge in [0, 0.05) is 37.4 Å². The van der Waals surface area contributed by atoms with E-state index in [2.05, 4.69) is 14.8 Å². The van der Waals surface area contributed by atoms with E-state index in [4.69, 9.17) is 11.6 Å². The molecule has 0 saturated carbocycles. The Morgan fingerprint density at radius 2 is 1.81 bits per heavy atom. The lowest BCUT2D eigenvalue weighted by Gasteiger charge is -2.37. The van der Waals surface area contributed by atoms with Gasteiger partial charge in [0.15, 0.2) is 0 Å². The van der Waals surface area contributed by atoms with Gasteiger partial charge in [-0.25, -0.2) is 9.88 Å². The van der Waals surface area contributed by atoms with Crippen LogP contribution in [0.2, 0.25) is 5.02 Å². The van der Waals surface area contributed by atoms with Crippen molar-refractivity contribution in [2.24, 2.45) is 0 Å². The third-order valence-corrected chi connectivity index (χ3v) is 5.74. The number of anilines is 2. The summed E-state index contributed by atoms with van der Waals surface area (Å²) >= 11 is 6.18. The number of rotatable bonds is 3. The molecule has 27 heavy (non-hydrogen) atoms. The number of nitrogens with zero attached hydrogens (tertiary/aromatic N) is 4. The molecule has 0 bridgehead atoms. The van der Waals surface area contributed by atoms with Gasteiger partial charge in [-0.3, -0.25) is 14.5 Å². The van der Waals surface area contributed by atoms with E-state index in [1.807, 2.05) is 25.1 Å². The molecular weight excluding hydrogens is 364 g/mol. The van der Waals surface area contributed by atoms with E-state index >= 15 is 0 Å². The molecule has 0 unspecified atom stereocenters. The molecule has 2 saturated heterocycles. The Hall–Kier alpha value is -2.44. The van der Waals surface area contributed by atoms with Crippen LogP contribution >= 0.6 is 11.6 Å². The number of hydrogen-bond donors (Lipinski definition) is 0. The zero-order valence-electron chi connectivity index (χ0n) is 15.1. The van der Waals surface area contributed by atoms with Gasteiger partial charge in [0.1, 0.15) is 5.82 Å². The average Bonchev–Trinajstić information content (AvgIpc) is 2.99. The summed E-state index contributed by atoms with van der Waals surface area (Å²) in [6.07, 6.45) is 2.00. The lowest BCUT2D eigenvalue weighted by molar-refractivity contribution is -0.123. The number of carbonyl (C=O) groups is 2. The summed E-state index contributed by atoms with van der Waals surface area (Å²) in [5, 5.41) is 0.556. The molecule has 2 fully saturated rings. The lowest BCUT2D eigenvalue weighted by Crippen LogP contribution is -2.52. The second-order valence-corrected chi connectivity index (χ2v) is 7.29. The van der Waals surface area contributed by atoms with Gasteiger partial charge in [0.25, 0.3) is 5.91 Å². The second kappa shape index (κ2) is 7.29. The first-order chi connectivity index (χ1) is 13.1. The highest BCUT2D eigenvalue weighted by Crippen LogP contribution is 2.32. The summed E-state index contributed by atoms with van der Waals surface area (Å²) in [7, 11) is 0. The normalized spacial score (nSPS) is 21.2. The zero-order valence-corrected chi connectivity index (χ0v) is 15.9. The van der Waals surface area contributed by atoms with E-state index in [9.17, 15) is 9.59 Å². The molecule has 2 aromatic rings. The molecule has 3 heterocycles. The van der Waals surface area contributed by atoms with Gasteiger partial charge < -0.3 is 4.90 Å². The minimum Gasteiger partial charge on any atom is -0.354 e. The van der Waals surface area contributed by atoms with Crippen LogP contribution in [0.3, 0.4) is 0 Å². The van der Waals surface area contributed by atoms with Crippen LogP contribution < -0.4 is 9.80 Å². The summed E-state index contributed by atoms with van der Waals surface area (Å²) in [6, 6.07) is 10.8. The van der Waals surface area contributed by atoms with Crippen molar-refractivity contribution in [1.82, 2.24) is 9.88 Å². The molecule has 7 heteroatoms. The topological polar surface area (TPSA) is 56.8 Å². The van der Waals surface area contributed by atoms with Crippen LogP contribution in [0.5, 0.6) is 0 Å². The van der Waals surface area contributed by atoms with Crippen LogP contribution in [0.4, 0.5) is 11.5 Å². The predicted octanol–water partition coefficient (Wildman–Crippen LogP) is 2.50. The number of hydrogen-bond acceptors (Lipinski definition) is 5. The van der Waals surface area contributed by atoms with Gasteiger partial charge in [-0.05, 0) is 36.8 Å². The van der Waals surface area contributed by atoms with Gasteiger partial charge in [0.05, 0.1) is 18.2 Å². The molecule has 0 radical (unpaired) electrons. The van der Waals surface area contributed by atoms with E-state index in [0.717, 1.165) is 37.6 Å². The van der Waals surface area contributed by atoms with Crippen molar-refractivity contribution >= 4 is 34.9 Å². The van der Waals surface area contributed by atoms with Crippen LogP contribution in [-0.2, 0) is 9.59 Å². The van der Waals surface area contributed by atoms with Crippen molar-refractivity contribution in [2.75, 3.05) is 36.0 Å². The van der Waals surface area contributed by atoms with Crippen LogP contribution in [-0.4, -0.2) is 53.9 Å². The molecule has 0 spiro atoms. The number of piperazine rings is 1. The molecule has 0 aliphatic carbocycles. The molecule has 2 aliphatic rings. The van der Waals surface area contributed by atoms with Gasteiger partial charge in [0.2, 0.25) is 5.91 Å². The van der Waals surface area contributed by atoms with E-state index < -0.39 is 6.04 Å². The van der Waals surface area contributed by atoms with E-state index in [0.29, 0.717) is 10.7 Å². The quantitative estimate of drug-likeness (QED) is 0.761. The molecule has 4 rings (SSSR count). The van der Waals surface area contributed by atoms with E-state index in [-0.39, 0.29) is 18.2 Å².